The highest BCUT2D eigenvalue weighted by Crippen LogP contribution is 2.49. The Kier molecular flexibility index (Phi) is 14.7. The molecule has 5 amide bonds. The van der Waals surface area contributed by atoms with Crippen LogP contribution < -0.4 is 24.8 Å². The number of halogens is 3. The van der Waals surface area contributed by atoms with Gasteiger partial charge in [0.15, 0.2) is 11.4 Å². The number of hydrogen-bond acceptors (Lipinski definition) is 12. The molecular weight excluding hydrogens is 962 g/mol. The van der Waals surface area contributed by atoms with Crippen LogP contribution in [0.2, 0.25) is 0 Å². The minimum absolute atomic E-state index is 0.0160. The Morgan fingerprint density at radius 1 is 1.01 bits per heavy atom. The Morgan fingerprint density at radius 3 is 2.40 bits per heavy atom. The fraction of sp³-hybridized carbons (Fsp3) is 0.647. The van der Waals surface area contributed by atoms with Gasteiger partial charge in [0.05, 0.1) is 30.0 Å². The summed E-state index contributed by atoms with van der Waals surface area (Å²) in [7, 11) is -4.17. The summed E-state index contributed by atoms with van der Waals surface area (Å²) < 4.78 is 96.9. The van der Waals surface area contributed by atoms with E-state index in [0.717, 1.165) is 0 Å². The van der Waals surface area contributed by atoms with Gasteiger partial charge < -0.3 is 39.4 Å². The van der Waals surface area contributed by atoms with E-state index in [-0.39, 0.29) is 67.8 Å². The van der Waals surface area contributed by atoms with Crippen LogP contribution in [0.5, 0.6) is 11.5 Å². The molecule has 6 aliphatic rings. The second-order valence-corrected chi connectivity index (χ2v) is 24.2. The van der Waals surface area contributed by atoms with Crippen molar-refractivity contribution in [3.05, 3.63) is 53.8 Å². The number of carbonyl (C=O) groups excluding carboxylic acids is 5. The third-order valence-electron chi connectivity index (χ3n) is 14.6. The van der Waals surface area contributed by atoms with E-state index in [9.17, 15) is 32.4 Å². The lowest BCUT2D eigenvalue weighted by Gasteiger charge is -2.42. The van der Waals surface area contributed by atoms with Crippen molar-refractivity contribution in [1.82, 2.24) is 30.1 Å². The number of benzene rings is 1. The molecule has 1 saturated carbocycles. The fourth-order valence-electron chi connectivity index (χ4n) is 10.0. The molecule has 5 heterocycles. The highest BCUT2D eigenvalue weighted by molar-refractivity contribution is 7.91. The minimum Gasteiger partial charge on any atom is -0.493 e. The number of allylic oxidation sites excluding steroid dienone is 1. The second-order valence-electron chi connectivity index (χ2n) is 22.0. The quantitative estimate of drug-likeness (QED) is 0.212. The van der Waals surface area contributed by atoms with E-state index < -0.39 is 90.9 Å². The molecule has 1 aromatic carbocycles. The van der Waals surface area contributed by atoms with Crippen molar-refractivity contribution in [2.75, 3.05) is 32.8 Å². The molecule has 2 aromatic rings. The Hall–Kier alpha value is -5.60. The Balaban J connectivity index is 1.10. The molecule has 72 heavy (non-hydrogen) atoms. The van der Waals surface area contributed by atoms with Gasteiger partial charge in [-0.3, -0.25) is 19.1 Å². The van der Waals surface area contributed by atoms with Crippen LogP contribution in [0.25, 0.3) is 10.9 Å². The number of sulfonamides is 1. The van der Waals surface area contributed by atoms with Crippen molar-refractivity contribution < 1.29 is 64.5 Å². The van der Waals surface area contributed by atoms with Crippen molar-refractivity contribution in [1.29, 1.82) is 0 Å². The number of amides is 5. The third kappa shape index (κ3) is 11.3. The van der Waals surface area contributed by atoms with Gasteiger partial charge in [-0.05, 0) is 116 Å². The summed E-state index contributed by atoms with van der Waals surface area (Å²) in [6.45, 7) is 11.6. The molecule has 0 radical (unpaired) electrons. The lowest BCUT2D eigenvalue weighted by atomic mass is 9.73. The summed E-state index contributed by atoms with van der Waals surface area (Å²) in [5, 5.41) is 5.83. The van der Waals surface area contributed by atoms with Crippen LogP contribution in [-0.2, 0) is 46.5 Å². The molecule has 2 aliphatic carbocycles. The molecule has 1 aromatic heterocycles. The van der Waals surface area contributed by atoms with Crippen molar-refractivity contribution in [3.8, 4) is 11.5 Å². The van der Waals surface area contributed by atoms with Gasteiger partial charge in [-0.15, -0.1) is 0 Å². The van der Waals surface area contributed by atoms with Gasteiger partial charge in [0.25, 0.3) is 5.91 Å². The highest BCUT2D eigenvalue weighted by atomic mass is 32.2. The van der Waals surface area contributed by atoms with E-state index in [1.165, 1.54) is 24.0 Å². The van der Waals surface area contributed by atoms with Gasteiger partial charge in [0, 0.05) is 36.4 Å². The number of nitrogens with zero attached hydrogens (tertiary/aromatic N) is 3. The minimum atomic E-state index is -4.99. The number of rotatable bonds is 9. The van der Waals surface area contributed by atoms with E-state index in [4.69, 9.17) is 18.9 Å². The topological polar surface area (TPSA) is 212 Å². The number of piperidine rings is 1. The summed E-state index contributed by atoms with van der Waals surface area (Å²) in [4.78, 5) is 76.9. The summed E-state index contributed by atoms with van der Waals surface area (Å²) in [5.41, 5.74) is -5.12. The van der Waals surface area contributed by atoms with E-state index in [0.29, 0.717) is 82.2 Å². The normalized spacial score (nSPS) is 27.2. The molecule has 3 N–H and O–H groups in total. The Labute approximate surface area is 418 Å². The Morgan fingerprint density at radius 2 is 1.75 bits per heavy atom. The predicted octanol–water partition coefficient (Wildman–Crippen LogP) is 7.25. The smallest absolute Gasteiger partial charge is 0.437 e. The average molecular weight is 1030 g/mol. The van der Waals surface area contributed by atoms with Crippen LogP contribution in [0.1, 0.15) is 123 Å². The van der Waals surface area contributed by atoms with Gasteiger partial charge in [0.2, 0.25) is 21.8 Å². The number of fused-ring (bicyclic) bond motifs is 5. The van der Waals surface area contributed by atoms with E-state index in [1.54, 1.807) is 29.2 Å². The number of ether oxygens (including phenoxy) is 4. The van der Waals surface area contributed by atoms with Crippen molar-refractivity contribution >= 4 is 50.8 Å². The molecule has 3 fully saturated rings. The Bertz CT molecular complexity index is 2620. The van der Waals surface area contributed by atoms with Crippen molar-refractivity contribution in [2.45, 2.75) is 158 Å². The highest BCUT2D eigenvalue weighted by Gasteiger charge is 2.59. The number of alkyl carbamates (subject to hydrolysis) is 1. The van der Waals surface area contributed by atoms with Crippen LogP contribution in [0.15, 0.2) is 42.5 Å². The number of aromatic nitrogens is 1. The number of pyridine rings is 1. The molecule has 4 aliphatic heterocycles. The number of nitrogens with one attached hydrogen (secondary N) is 3. The molecule has 5 atom stereocenters. The second kappa shape index (κ2) is 20.0. The first-order chi connectivity index (χ1) is 33.8. The maximum absolute atomic E-state index is 15.1. The van der Waals surface area contributed by atoms with Crippen LogP contribution in [0.4, 0.5) is 22.8 Å². The number of hydrogen-bond donors (Lipinski definition) is 3. The molecule has 0 bridgehead atoms. The lowest BCUT2D eigenvalue weighted by Crippen LogP contribution is -2.67. The molecule has 2 saturated heterocycles. The molecule has 21 heteroatoms. The van der Waals surface area contributed by atoms with Gasteiger partial charge >= 0.3 is 18.4 Å². The molecule has 394 valence electrons. The van der Waals surface area contributed by atoms with E-state index >= 15 is 13.2 Å². The zero-order valence-electron chi connectivity index (χ0n) is 41.8. The van der Waals surface area contributed by atoms with Crippen LogP contribution in [0, 0.1) is 17.8 Å². The monoisotopic (exact) mass is 1030 g/mol. The van der Waals surface area contributed by atoms with Crippen LogP contribution in [0.3, 0.4) is 0 Å². The van der Waals surface area contributed by atoms with E-state index in [2.05, 4.69) is 20.3 Å². The largest absolute Gasteiger partial charge is 0.493 e. The molecule has 8 rings (SSSR count). The van der Waals surface area contributed by atoms with Crippen LogP contribution >= 0.6 is 0 Å². The van der Waals surface area contributed by atoms with Gasteiger partial charge in [0.1, 0.15) is 34.6 Å². The van der Waals surface area contributed by atoms with Crippen molar-refractivity contribution in [3.63, 3.8) is 0 Å². The van der Waals surface area contributed by atoms with Gasteiger partial charge in [-0.2, -0.15) is 13.2 Å². The number of likely N-dealkylation sites (tertiary alicyclic amines) is 1. The summed E-state index contributed by atoms with van der Waals surface area (Å²) >= 11 is 0. The first kappa shape index (κ1) is 52.7. The number of aryl methyl sites for hydroxylation is 1. The van der Waals surface area contributed by atoms with Gasteiger partial charge in [-0.25, -0.2) is 23.0 Å². The maximum atomic E-state index is 15.1. The molecule has 17 nitrogen and oxygen atoms in total. The predicted molar refractivity (Wildman–Crippen MR) is 258 cm³/mol. The number of carbonyl (C=O) groups is 5. The van der Waals surface area contributed by atoms with Gasteiger partial charge in [-0.1, -0.05) is 51.0 Å². The SMILES string of the molecule is CC(C)COC(=O)N[C@H]1CCCCC/C=C\[C@@H]2C=C[C@@]2(C(=O)NS(=O)(=O)C2(C)CC2)NC(=O)[C@@H]2C[C@]3(CCc4c(c(C(F)(F)F)nc5ccc(OCC6CCN(C(=O)OC(C)(C)C)CC6)cc45)O3)CN2C1=O. The first-order valence-electron chi connectivity index (χ1n) is 25.1. The number of alkyl halides is 3. The van der Waals surface area contributed by atoms with Crippen molar-refractivity contribution in [2.24, 2.45) is 17.8 Å². The van der Waals surface area contributed by atoms with E-state index in [1.807, 2.05) is 40.7 Å². The summed E-state index contributed by atoms with van der Waals surface area (Å²) in [6, 6.07) is 1.99. The zero-order valence-corrected chi connectivity index (χ0v) is 42.6. The third-order valence-corrected chi connectivity index (χ3v) is 16.8. The maximum Gasteiger partial charge on any atom is 0.437 e. The molecular formula is C51H67F3N6O11S. The summed E-state index contributed by atoms with van der Waals surface area (Å²) in [5.74, 6) is -3.41. The average Bonchev–Trinajstić information content (AvgIpc) is 3.97. The standard InChI is InChI=1S/C51H67F3N6O11S/c1-31(2)28-69-45(64)56-38-13-11-9-7-8-10-12-33-16-21-50(33,44(63)58-72(66,67)48(6)22-23-48)57-42(61)39-27-49(30-60(39)43(38)62)20-17-35-36-26-34(14-15-37(36)55-41(40(35)70-49)51(52,53)54)68-29-32-18-24-59(25-19-32)46(65)71-47(3,4)5/h10,12,14-16,21,26,31-33,38-39H,7-9,11,13,17-20,22-25,27-30H2,1-6H3,(H,56,64)(H,57,61)(H,58,63)/b12-10-/t33-,38+,39+,49-,50-/m1/s1. The fourth-order valence-corrected chi connectivity index (χ4v) is 11.3. The zero-order chi connectivity index (χ0) is 52.0. The lowest BCUT2D eigenvalue weighted by molar-refractivity contribution is -0.144. The summed E-state index contributed by atoms with van der Waals surface area (Å²) in [6.07, 6.45) is 4.66. The first-order valence-corrected chi connectivity index (χ1v) is 26.6. The molecule has 0 unspecified atom stereocenters. The molecule has 1 spiro atoms. The van der Waals surface area contributed by atoms with Crippen LogP contribution in [-0.4, -0.2) is 120 Å².